The molecule has 0 radical (unpaired) electrons. The highest BCUT2D eigenvalue weighted by Gasteiger charge is 2.42. The molecule has 0 amide bonds. The molecule has 1 aliphatic rings. The lowest BCUT2D eigenvalue weighted by Crippen LogP contribution is -2.47. The van der Waals surface area contributed by atoms with Crippen LogP contribution in [-0.2, 0) is 0 Å². The molecule has 2 heterocycles. The van der Waals surface area contributed by atoms with Gasteiger partial charge >= 0.3 is 0 Å². The topological polar surface area (TPSA) is 46.1 Å². The first-order chi connectivity index (χ1) is 8.96. The number of hydrogen-bond donors (Lipinski definition) is 0. The van der Waals surface area contributed by atoms with Gasteiger partial charge in [0.2, 0.25) is 5.95 Å². The highest BCUT2D eigenvalue weighted by atomic mass is 19.3. The molecule has 6 heteroatoms. The summed E-state index contributed by atoms with van der Waals surface area (Å²) < 4.78 is 27.2. The number of alkyl halides is 2. The van der Waals surface area contributed by atoms with Crippen LogP contribution in [0.4, 0.5) is 14.7 Å². The van der Waals surface area contributed by atoms with Crippen LogP contribution < -0.4 is 4.90 Å². The molecular weight excluding hydrogens is 252 g/mol. The number of nitrogens with zero attached hydrogens (tertiary/aromatic N) is 3. The van der Waals surface area contributed by atoms with Gasteiger partial charge < -0.3 is 4.90 Å². The minimum absolute atomic E-state index is 0.109. The second kappa shape index (κ2) is 5.03. The largest absolute Gasteiger partial charge is 0.340 e. The van der Waals surface area contributed by atoms with Crippen LogP contribution in [0.15, 0.2) is 18.7 Å². The van der Waals surface area contributed by atoms with Gasteiger partial charge in [0.15, 0.2) is 6.29 Å². The molecule has 0 spiro atoms. The van der Waals surface area contributed by atoms with Crippen molar-refractivity contribution in [1.82, 2.24) is 9.97 Å². The van der Waals surface area contributed by atoms with Crippen molar-refractivity contribution in [2.24, 2.45) is 5.92 Å². The lowest BCUT2D eigenvalue weighted by Gasteiger charge is -2.37. The number of anilines is 1. The van der Waals surface area contributed by atoms with E-state index < -0.39 is 11.8 Å². The summed E-state index contributed by atoms with van der Waals surface area (Å²) in [7, 11) is 0. The molecule has 1 unspecified atom stereocenters. The first-order valence-corrected chi connectivity index (χ1v) is 6.02. The Labute approximate surface area is 110 Å². The molecule has 1 atom stereocenters. The summed E-state index contributed by atoms with van der Waals surface area (Å²) in [5, 5.41) is 0. The van der Waals surface area contributed by atoms with E-state index in [0.717, 1.165) is 0 Å². The predicted octanol–water partition coefficient (Wildman–Crippen LogP) is 2.25. The Hall–Kier alpha value is -1.85. The van der Waals surface area contributed by atoms with E-state index in [-0.39, 0.29) is 25.2 Å². The molecular formula is C13H15F2N3O. The van der Waals surface area contributed by atoms with Gasteiger partial charge in [-0.15, -0.1) is 6.58 Å². The van der Waals surface area contributed by atoms with Gasteiger partial charge in [0.05, 0.1) is 5.92 Å². The van der Waals surface area contributed by atoms with E-state index in [9.17, 15) is 13.6 Å². The Balaban J connectivity index is 2.26. The number of halogens is 2. The number of aromatic nitrogens is 2. The molecule has 1 saturated heterocycles. The van der Waals surface area contributed by atoms with Crippen molar-refractivity contribution in [2.75, 3.05) is 18.0 Å². The second-order valence-corrected chi connectivity index (χ2v) is 4.65. The van der Waals surface area contributed by atoms with Crippen molar-refractivity contribution < 1.29 is 13.6 Å². The van der Waals surface area contributed by atoms with Gasteiger partial charge in [-0.3, -0.25) is 4.79 Å². The van der Waals surface area contributed by atoms with Gasteiger partial charge in [-0.2, -0.15) is 0 Å². The molecule has 1 aromatic rings. The Kier molecular flexibility index (Phi) is 3.59. The van der Waals surface area contributed by atoms with Crippen LogP contribution in [0, 0.1) is 12.8 Å². The zero-order valence-electron chi connectivity index (χ0n) is 10.6. The number of aldehydes is 1. The third-order valence-corrected chi connectivity index (χ3v) is 3.22. The lowest BCUT2D eigenvalue weighted by atomic mass is 9.94. The maximum absolute atomic E-state index is 13.6. The predicted molar refractivity (Wildman–Crippen MR) is 67.6 cm³/mol. The van der Waals surface area contributed by atoms with Crippen molar-refractivity contribution in [3.8, 4) is 0 Å². The molecule has 1 fully saturated rings. The summed E-state index contributed by atoms with van der Waals surface area (Å²) in [6, 6.07) is 1.56. The highest BCUT2D eigenvalue weighted by Crippen LogP contribution is 2.35. The zero-order valence-corrected chi connectivity index (χ0v) is 10.6. The van der Waals surface area contributed by atoms with Gasteiger partial charge in [-0.1, -0.05) is 6.08 Å². The third kappa shape index (κ3) is 2.77. The van der Waals surface area contributed by atoms with E-state index in [4.69, 9.17) is 0 Å². The van der Waals surface area contributed by atoms with E-state index in [1.54, 1.807) is 17.9 Å². The third-order valence-electron chi connectivity index (χ3n) is 3.22. The normalized spacial score (nSPS) is 22.1. The summed E-state index contributed by atoms with van der Waals surface area (Å²) in [6.07, 6.45) is 1.63. The molecule has 0 aromatic carbocycles. The van der Waals surface area contributed by atoms with E-state index in [1.165, 1.54) is 6.08 Å². The maximum Gasteiger partial charge on any atom is 0.257 e. The number of rotatable bonds is 3. The summed E-state index contributed by atoms with van der Waals surface area (Å²) in [6.45, 7) is 5.47. The molecule has 1 aromatic heterocycles. The lowest BCUT2D eigenvalue weighted by molar-refractivity contribution is -0.0546. The second-order valence-electron chi connectivity index (χ2n) is 4.65. The minimum atomic E-state index is -2.74. The molecule has 0 bridgehead atoms. The minimum Gasteiger partial charge on any atom is -0.340 e. The van der Waals surface area contributed by atoms with E-state index >= 15 is 0 Å². The van der Waals surface area contributed by atoms with Crippen LogP contribution in [0.3, 0.4) is 0 Å². The van der Waals surface area contributed by atoms with E-state index in [1.807, 2.05) is 0 Å². The van der Waals surface area contributed by atoms with E-state index in [0.29, 0.717) is 17.9 Å². The Morgan fingerprint density at radius 1 is 1.53 bits per heavy atom. The Bertz CT molecular complexity index is 505. The summed E-state index contributed by atoms with van der Waals surface area (Å²) in [4.78, 5) is 20.7. The molecule has 0 N–H and O–H groups in total. The van der Waals surface area contributed by atoms with Gasteiger partial charge in [0, 0.05) is 25.2 Å². The van der Waals surface area contributed by atoms with Crippen LogP contribution in [-0.4, -0.2) is 35.3 Å². The van der Waals surface area contributed by atoms with Crippen molar-refractivity contribution in [2.45, 2.75) is 19.3 Å². The molecule has 0 saturated carbocycles. The molecule has 0 aliphatic carbocycles. The summed E-state index contributed by atoms with van der Waals surface area (Å²) >= 11 is 0. The van der Waals surface area contributed by atoms with Gasteiger partial charge in [-0.25, -0.2) is 18.7 Å². The zero-order chi connectivity index (χ0) is 14.0. The number of carbonyl (C=O) groups is 1. The molecule has 19 heavy (non-hydrogen) atoms. The highest BCUT2D eigenvalue weighted by molar-refractivity contribution is 5.72. The van der Waals surface area contributed by atoms with Crippen LogP contribution in [0.2, 0.25) is 0 Å². The Morgan fingerprint density at radius 2 is 2.26 bits per heavy atom. The summed E-state index contributed by atoms with van der Waals surface area (Å²) in [5.74, 6) is -3.34. The first kappa shape index (κ1) is 13.6. The fourth-order valence-corrected chi connectivity index (χ4v) is 2.14. The molecule has 2 rings (SSSR count). The van der Waals surface area contributed by atoms with Crippen LogP contribution in [0.1, 0.15) is 22.6 Å². The SMILES string of the molecule is C=CC1CN(c2nc(C)cc(C=O)n2)CCC1(F)F. The monoisotopic (exact) mass is 267 g/mol. The van der Waals surface area contributed by atoms with Gasteiger partial charge in [0.1, 0.15) is 5.69 Å². The smallest absolute Gasteiger partial charge is 0.257 e. The fraction of sp³-hybridized carbons (Fsp3) is 0.462. The number of aryl methyl sites for hydroxylation is 1. The molecule has 1 aliphatic heterocycles. The summed E-state index contributed by atoms with van der Waals surface area (Å²) in [5.41, 5.74) is 0.898. The number of piperidine rings is 1. The maximum atomic E-state index is 13.6. The van der Waals surface area contributed by atoms with Crippen molar-refractivity contribution in [3.63, 3.8) is 0 Å². The van der Waals surface area contributed by atoms with Gasteiger partial charge in [0.25, 0.3) is 5.92 Å². The van der Waals surface area contributed by atoms with Crippen molar-refractivity contribution >= 4 is 12.2 Å². The van der Waals surface area contributed by atoms with Crippen LogP contribution in [0.25, 0.3) is 0 Å². The van der Waals surface area contributed by atoms with Crippen LogP contribution in [0.5, 0.6) is 0 Å². The quantitative estimate of drug-likeness (QED) is 0.622. The fourth-order valence-electron chi connectivity index (χ4n) is 2.14. The van der Waals surface area contributed by atoms with Crippen molar-refractivity contribution in [1.29, 1.82) is 0 Å². The van der Waals surface area contributed by atoms with Crippen LogP contribution >= 0.6 is 0 Å². The average molecular weight is 267 g/mol. The number of hydrogen-bond acceptors (Lipinski definition) is 4. The average Bonchev–Trinajstić information content (AvgIpc) is 2.37. The van der Waals surface area contributed by atoms with Gasteiger partial charge in [-0.05, 0) is 13.0 Å². The number of carbonyl (C=O) groups excluding carboxylic acids is 1. The molecule has 4 nitrogen and oxygen atoms in total. The first-order valence-electron chi connectivity index (χ1n) is 6.02. The molecule has 102 valence electrons. The standard InChI is InChI=1S/C13H15F2N3O/c1-3-10-7-18(5-4-13(10,14)15)12-16-9(2)6-11(8-19)17-12/h3,6,8,10H,1,4-5,7H2,2H3. The van der Waals surface area contributed by atoms with E-state index in [2.05, 4.69) is 16.5 Å². The van der Waals surface area contributed by atoms with Crippen molar-refractivity contribution in [3.05, 3.63) is 30.1 Å². The Morgan fingerprint density at radius 3 is 2.89 bits per heavy atom.